The number of rotatable bonds is 10. The van der Waals surface area contributed by atoms with Crippen LogP contribution in [0.15, 0.2) is 73.5 Å². The number of hydrogen-bond donors (Lipinski definition) is 4. The molecule has 0 saturated carbocycles. The van der Waals surface area contributed by atoms with Crippen LogP contribution in [0.1, 0.15) is 25.3 Å². The minimum absolute atomic E-state index is 0.342. The topological polar surface area (TPSA) is 120 Å². The van der Waals surface area contributed by atoms with Gasteiger partial charge in [-0.3, -0.25) is 19.8 Å². The molecule has 0 amide bonds. The highest BCUT2D eigenvalue weighted by Gasteiger charge is 2.18. The zero-order valence-corrected chi connectivity index (χ0v) is 24.9. The summed E-state index contributed by atoms with van der Waals surface area (Å²) in [5.74, 6) is 8.26. The molecular weight excluding hydrogens is 561 g/mol. The van der Waals surface area contributed by atoms with Crippen molar-refractivity contribution in [3.05, 3.63) is 84.8 Å². The number of imidazole rings is 1. The third kappa shape index (κ3) is 6.18. The summed E-state index contributed by atoms with van der Waals surface area (Å²) in [6.07, 6.45) is 10.8. The molecule has 0 radical (unpaired) electrons. The van der Waals surface area contributed by atoms with Gasteiger partial charge in [0.1, 0.15) is 11.3 Å². The number of aromatic amines is 2. The molecular formula is C32H32FN9S. The van der Waals surface area contributed by atoms with Gasteiger partial charge in [-0.1, -0.05) is 31.7 Å². The fraction of sp³-hybridized carbons (Fsp3) is 0.156. The fourth-order valence-electron chi connectivity index (χ4n) is 4.86. The van der Waals surface area contributed by atoms with Crippen LogP contribution in [0.4, 0.5) is 10.1 Å². The van der Waals surface area contributed by atoms with Crippen molar-refractivity contribution >= 4 is 48.9 Å². The van der Waals surface area contributed by atoms with E-state index in [-0.39, 0.29) is 5.82 Å². The Hall–Kier alpha value is -4.87. The van der Waals surface area contributed by atoms with Crippen LogP contribution < -0.4 is 10.0 Å². The van der Waals surface area contributed by atoms with Gasteiger partial charge in [0, 0.05) is 35.8 Å². The van der Waals surface area contributed by atoms with Crippen molar-refractivity contribution in [2.24, 2.45) is 0 Å². The maximum Gasteiger partial charge on any atom is 0.161 e. The SMILES string of the molecule is C=C(CCC)Nc1cncc(-c2ccc3[nH]nc(-c4nc5c(-c6cc(F)cc(CNS(=C)(=C)C)c6)cncc5[nH]4)c3n2)c1. The normalized spacial score (nSPS) is 11.8. The lowest BCUT2D eigenvalue weighted by Crippen LogP contribution is -2.08. The molecule has 0 aliphatic heterocycles. The van der Waals surface area contributed by atoms with E-state index in [1.54, 1.807) is 24.8 Å². The van der Waals surface area contributed by atoms with Gasteiger partial charge in [0.15, 0.2) is 11.5 Å². The molecule has 5 aromatic heterocycles. The summed E-state index contributed by atoms with van der Waals surface area (Å²) in [6, 6.07) is 10.8. The lowest BCUT2D eigenvalue weighted by molar-refractivity contribution is 0.625. The number of pyridine rings is 3. The lowest BCUT2D eigenvalue weighted by atomic mass is 10.0. The van der Waals surface area contributed by atoms with Crippen LogP contribution in [0, 0.1) is 5.82 Å². The van der Waals surface area contributed by atoms with Crippen molar-refractivity contribution in [3.63, 3.8) is 0 Å². The van der Waals surface area contributed by atoms with Gasteiger partial charge in [-0.25, -0.2) is 14.4 Å². The largest absolute Gasteiger partial charge is 0.358 e. The summed E-state index contributed by atoms with van der Waals surface area (Å²) in [4.78, 5) is 21.9. The monoisotopic (exact) mass is 593 g/mol. The number of hydrogen-bond acceptors (Lipinski definition) is 7. The number of anilines is 1. The molecule has 0 saturated heterocycles. The third-order valence-corrected chi connectivity index (χ3v) is 7.67. The number of allylic oxidation sites excluding steroid dienone is 1. The molecule has 0 aliphatic carbocycles. The van der Waals surface area contributed by atoms with Gasteiger partial charge in [0.25, 0.3) is 0 Å². The molecule has 6 aromatic rings. The van der Waals surface area contributed by atoms with Crippen molar-refractivity contribution in [3.8, 4) is 33.9 Å². The highest BCUT2D eigenvalue weighted by atomic mass is 32.2. The van der Waals surface area contributed by atoms with E-state index in [4.69, 9.17) is 9.97 Å². The zero-order valence-electron chi connectivity index (χ0n) is 24.0. The number of benzene rings is 1. The van der Waals surface area contributed by atoms with Crippen LogP contribution in [-0.2, 0) is 6.54 Å². The molecule has 1 aromatic carbocycles. The van der Waals surface area contributed by atoms with Gasteiger partial charge in [-0.05, 0) is 60.2 Å². The number of nitrogens with zero attached hydrogens (tertiary/aromatic N) is 5. The zero-order chi connectivity index (χ0) is 30.1. The third-order valence-electron chi connectivity index (χ3n) is 6.83. The van der Waals surface area contributed by atoms with E-state index in [2.05, 4.69) is 60.4 Å². The second-order valence-corrected chi connectivity index (χ2v) is 13.6. The minimum atomic E-state index is -1.45. The molecule has 0 spiro atoms. The fourth-order valence-corrected chi connectivity index (χ4v) is 5.38. The van der Waals surface area contributed by atoms with Crippen molar-refractivity contribution in [1.82, 2.24) is 39.8 Å². The number of halogens is 1. The van der Waals surface area contributed by atoms with Crippen LogP contribution in [0.5, 0.6) is 0 Å². The number of nitrogens with one attached hydrogen (secondary N) is 4. The van der Waals surface area contributed by atoms with E-state index in [0.717, 1.165) is 46.6 Å². The Kier molecular flexibility index (Phi) is 7.51. The first-order valence-electron chi connectivity index (χ1n) is 13.7. The summed E-state index contributed by atoms with van der Waals surface area (Å²) in [6.45, 7) is 6.65. The molecule has 9 nitrogen and oxygen atoms in total. The average Bonchev–Trinajstić information content (AvgIpc) is 3.59. The van der Waals surface area contributed by atoms with E-state index >= 15 is 0 Å². The van der Waals surface area contributed by atoms with Gasteiger partial charge < -0.3 is 10.3 Å². The van der Waals surface area contributed by atoms with Gasteiger partial charge in [0.05, 0.1) is 40.3 Å². The van der Waals surface area contributed by atoms with Crippen LogP contribution in [-0.4, -0.2) is 53.1 Å². The van der Waals surface area contributed by atoms with E-state index in [1.807, 2.05) is 30.5 Å². The first kappa shape index (κ1) is 28.3. The molecule has 4 N–H and O–H groups in total. The molecule has 0 aliphatic rings. The summed E-state index contributed by atoms with van der Waals surface area (Å²) in [7, 11) is -1.45. The maximum atomic E-state index is 14.7. The van der Waals surface area contributed by atoms with Gasteiger partial charge >= 0.3 is 0 Å². The first-order chi connectivity index (χ1) is 20.7. The van der Waals surface area contributed by atoms with Crippen LogP contribution in [0.3, 0.4) is 0 Å². The Balaban J connectivity index is 1.37. The van der Waals surface area contributed by atoms with Crippen LogP contribution in [0.25, 0.3) is 56.0 Å². The van der Waals surface area contributed by atoms with Crippen LogP contribution >= 0.6 is 9.39 Å². The Morgan fingerprint density at radius 3 is 2.60 bits per heavy atom. The van der Waals surface area contributed by atoms with Gasteiger partial charge in [-0.15, -0.1) is 0 Å². The standard InChI is InChI=1S/C32H32FN9S/c1-6-7-19(2)37-24-13-22(15-34-16-24)26-8-9-27-30(38-26)31(42-41-27)32-39-28-18-35-17-25(29(28)40-32)21-10-20(11-23(33)12-21)14-36-43(3,4)5/h8-13,15-18,36-37H,2-4,6-7,14H2,1,5H3,(H,39,40)(H,41,42). The van der Waals surface area contributed by atoms with Crippen molar-refractivity contribution < 1.29 is 4.39 Å². The van der Waals surface area contributed by atoms with Crippen LogP contribution in [0.2, 0.25) is 0 Å². The molecule has 218 valence electrons. The Labute approximate surface area is 249 Å². The molecule has 11 heteroatoms. The second-order valence-electron chi connectivity index (χ2n) is 10.7. The average molecular weight is 594 g/mol. The second kappa shape index (κ2) is 11.4. The van der Waals surface area contributed by atoms with Crippen molar-refractivity contribution in [2.75, 3.05) is 11.6 Å². The highest BCUT2D eigenvalue weighted by molar-refractivity contribution is 8.25. The summed E-state index contributed by atoms with van der Waals surface area (Å²) in [5.41, 5.74) is 8.90. The Morgan fingerprint density at radius 2 is 1.79 bits per heavy atom. The smallest absolute Gasteiger partial charge is 0.161 e. The molecule has 5 heterocycles. The van der Waals surface area contributed by atoms with E-state index in [9.17, 15) is 4.39 Å². The predicted molar refractivity (Wildman–Crippen MR) is 178 cm³/mol. The van der Waals surface area contributed by atoms with Gasteiger partial charge in [-0.2, -0.15) is 14.5 Å². The highest BCUT2D eigenvalue weighted by Crippen LogP contribution is 2.32. The molecule has 0 fully saturated rings. The molecule has 6 rings (SSSR count). The molecule has 0 unspecified atom stereocenters. The summed E-state index contributed by atoms with van der Waals surface area (Å²) >= 11 is 0. The van der Waals surface area contributed by atoms with Gasteiger partial charge in [0.2, 0.25) is 0 Å². The maximum absolute atomic E-state index is 14.7. The molecule has 0 bridgehead atoms. The van der Waals surface area contributed by atoms with Crippen molar-refractivity contribution in [1.29, 1.82) is 0 Å². The van der Waals surface area contributed by atoms with E-state index in [1.165, 1.54) is 12.1 Å². The lowest BCUT2D eigenvalue weighted by Gasteiger charge is -2.12. The first-order valence-corrected chi connectivity index (χ1v) is 16.1. The minimum Gasteiger partial charge on any atom is -0.358 e. The summed E-state index contributed by atoms with van der Waals surface area (Å²) in [5, 5.41) is 10.9. The predicted octanol–water partition coefficient (Wildman–Crippen LogP) is 6.79. The number of aromatic nitrogens is 7. The summed E-state index contributed by atoms with van der Waals surface area (Å²) < 4.78 is 18.0. The van der Waals surface area contributed by atoms with E-state index in [0.29, 0.717) is 45.7 Å². The Morgan fingerprint density at radius 1 is 0.953 bits per heavy atom. The molecule has 0 atom stereocenters. The molecule has 43 heavy (non-hydrogen) atoms. The number of H-pyrrole nitrogens is 2. The van der Waals surface area contributed by atoms with E-state index < -0.39 is 9.39 Å². The number of fused-ring (bicyclic) bond motifs is 2. The van der Waals surface area contributed by atoms with Crippen molar-refractivity contribution in [2.45, 2.75) is 26.3 Å². The Bertz CT molecular complexity index is 2090. The quantitative estimate of drug-likeness (QED) is 0.129.